The highest BCUT2D eigenvalue weighted by atomic mass is 31.3. The molecule has 0 amide bonds. The maximum atomic E-state index is 9.63. The predicted molar refractivity (Wildman–Crippen MR) is 179 cm³/mol. The fourth-order valence-electron chi connectivity index (χ4n) is 5.22. The molecule has 45 heavy (non-hydrogen) atoms. The number of hydrogen-bond acceptors (Lipinski definition) is 3. The van der Waals surface area contributed by atoms with Crippen molar-refractivity contribution in [2.24, 2.45) is 0 Å². The molecule has 0 heterocycles. The SMILES string of the molecule is O=P(O)(O)OP(=O)(O)O.c1ccc(-c2cc(-c3ccccc3)c(-c3ccccc3)c(-c3ccccc3)c2-c2ccccc2)cc1. The summed E-state index contributed by atoms with van der Waals surface area (Å²) in [6.07, 6.45) is 0. The quantitative estimate of drug-likeness (QED) is 0.129. The standard InChI is InChI=1S/C36H26.H4O7P2/c1-6-16-27(17-7-1)32-26-33(28-18-8-2-9-19-28)35(30-22-12-4-13-23-30)36(31-24-14-5-15-25-31)34(32)29-20-10-3-11-21-29;1-8(2,3)7-9(4,5)6/h1-26H;(H2,1,2,3)(H2,4,5,6). The summed E-state index contributed by atoms with van der Waals surface area (Å²) in [5.41, 5.74) is 12.3. The van der Waals surface area contributed by atoms with Crippen LogP contribution in [0.1, 0.15) is 0 Å². The number of rotatable bonds is 7. The van der Waals surface area contributed by atoms with E-state index in [4.69, 9.17) is 19.6 Å². The van der Waals surface area contributed by atoms with Crippen LogP contribution < -0.4 is 0 Å². The molecule has 0 unspecified atom stereocenters. The van der Waals surface area contributed by atoms with E-state index in [1.165, 1.54) is 55.6 Å². The summed E-state index contributed by atoms with van der Waals surface area (Å²) in [5.74, 6) is 0. The van der Waals surface area contributed by atoms with Gasteiger partial charge in [0.15, 0.2) is 0 Å². The molecule has 6 rings (SSSR count). The second kappa shape index (κ2) is 14.1. The zero-order valence-corrected chi connectivity index (χ0v) is 25.7. The van der Waals surface area contributed by atoms with Gasteiger partial charge in [0.05, 0.1) is 0 Å². The lowest BCUT2D eigenvalue weighted by molar-refractivity contribution is 0.225. The third-order valence-corrected chi connectivity index (χ3v) is 8.60. The minimum atomic E-state index is -5.05. The molecular weight excluding hydrogens is 606 g/mol. The first-order valence-corrected chi connectivity index (χ1v) is 17.0. The Morgan fingerprint density at radius 2 is 0.600 bits per heavy atom. The van der Waals surface area contributed by atoms with E-state index >= 15 is 0 Å². The van der Waals surface area contributed by atoms with Crippen LogP contribution in [0.5, 0.6) is 0 Å². The van der Waals surface area contributed by atoms with Crippen LogP contribution in [-0.4, -0.2) is 19.6 Å². The molecule has 0 aliphatic carbocycles. The monoisotopic (exact) mass is 636 g/mol. The van der Waals surface area contributed by atoms with Crippen molar-refractivity contribution in [2.45, 2.75) is 0 Å². The molecule has 0 aliphatic heterocycles. The number of hydrogen-bond donors (Lipinski definition) is 4. The van der Waals surface area contributed by atoms with E-state index in [2.05, 4.69) is 162 Å². The highest BCUT2D eigenvalue weighted by Crippen LogP contribution is 2.54. The molecule has 6 aromatic carbocycles. The first kappa shape index (κ1) is 32.0. The van der Waals surface area contributed by atoms with E-state index in [1.54, 1.807) is 0 Å². The van der Waals surface area contributed by atoms with Crippen molar-refractivity contribution in [3.8, 4) is 55.6 Å². The molecule has 7 nitrogen and oxygen atoms in total. The Kier molecular flexibility index (Phi) is 10.0. The summed E-state index contributed by atoms with van der Waals surface area (Å²) in [6.45, 7) is 0. The number of benzene rings is 6. The van der Waals surface area contributed by atoms with E-state index in [9.17, 15) is 9.13 Å². The largest absolute Gasteiger partial charge is 0.478 e. The van der Waals surface area contributed by atoms with Crippen molar-refractivity contribution in [3.05, 3.63) is 158 Å². The maximum Gasteiger partial charge on any atom is 0.478 e. The Labute approximate surface area is 261 Å². The molecule has 0 bridgehead atoms. The summed E-state index contributed by atoms with van der Waals surface area (Å²) in [7, 11) is -10.1. The van der Waals surface area contributed by atoms with Crippen LogP contribution in [0, 0.1) is 0 Å². The Morgan fingerprint density at radius 1 is 0.356 bits per heavy atom. The van der Waals surface area contributed by atoms with E-state index in [-0.39, 0.29) is 0 Å². The highest BCUT2D eigenvalue weighted by molar-refractivity contribution is 7.60. The van der Waals surface area contributed by atoms with Gasteiger partial charge in [0.2, 0.25) is 0 Å². The van der Waals surface area contributed by atoms with Gasteiger partial charge in [-0.15, -0.1) is 0 Å². The van der Waals surface area contributed by atoms with Crippen LogP contribution >= 0.6 is 15.6 Å². The van der Waals surface area contributed by atoms with Crippen molar-refractivity contribution in [2.75, 3.05) is 0 Å². The van der Waals surface area contributed by atoms with Crippen molar-refractivity contribution in [1.29, 1.82) is 0 Å². The minimum absolute atomic E-state index is 1.21. The molecule has 0 radical (unpaired) electrons. The Hall–Kier alpha value is -4.42. The van der Waals surface area contributed by atoms with Gasteiger partial charge in [0.1, 0.15) is 0 Å². The Balaban J connectivity index is 0.000000390. The fraction of sp³-hybridized carbons (Fsp3) is 0. The van der Waals surface area contributed by atoms with Crippen LogP contribution in [0.3, 0.4) is 0 Å². The average molecular weight is 637 g/mol. The van der Waals surface area contributed by atoms with E-state index in [0.29, 0.717) is 0 Å². The zero-order chi connectivity index (χ0) is 31.9. The fourth-order valence-corrected chi connectivity index (χ4v) is 6.32. The van der Waals surface area contributed by atoms with E-state index in [1.807, 2.05) is 0 Å². The summed E-state index contributed by atoms with van der Waals surface area (Å²) in [5, 5.41) is 0. The van der Waals surface area contributed by atoms with E-state index < -0.39 is 15.6 Å². The topological polar surface area (TPSA) is 124 Å². The van der Waals surface area contributed by atoms with Crippen molar-refractivity contribution < 1.29 is 33.0 Å². The van der Waals surface area contributed by atoms with Gasteiger partial charge < -0.3 is 19.6 Å². The second-order valence-corrected chi connectivity index (χ2v) is 12.6. The van der Waals surface area contributed by atoms with Gasteiger partial charge in [-0.05, 0) is 61.7 Å². The molecule has 9 heteroatoms. The summed E-state index contributed by atoms with van der Waals surface area (Å²) in [4.78, 5) is 31.0. The van der Waals surface area contributed by atoms with Crippen LogP contribution in [0.4, 0.5) is 0 Å². The average Bonchev–Trinajstić information content (AvgIpc) is 3.04. The first-order valence-electron chi connectivity index (χ1n) is 13.9. The molecule has 4 N–H and O–H groups in total. The van der Waals surface area contributed by atoms with Gasteiger partial charge in [-0.2, -0.15) is 4.31 Å². The first-order chi connectivity index (χ1) is 21.6. The van der Waals surface area contributed by atoms with Crippen LogP contribution in [0.2, 0.25) is 0 Å². The Morgan fingerprint density at radius 3 is 0.844 bits per heavy atom. The molecule has 0 spiro atoms. The minimum Gasteiger partial charge on any atom is -0.302 e. The van der Waals surface area contributed by atoms with Crippen molar-refractivity contribution >= 4 is 15.6 Å². The molecule has 0 aliphatic rings. The van der Waals surface area contributed by atoms with Crippen LogP contribution in [-0.2, 0) is 13.4 Å². The summed E-state index contributed by atoms with van der Waals surface area (Å²) >= 11 is 0. The van der Waals surface area contributed by atoms with Crippen molar-refractivity contribution in [1.82, 2.24) is 0 Å². The van der Waals surface area contributed by atoms with Gasteiger partial charge in [0.25, 0.3) is 0 Å². The lowest BCUT2D eigenvalue weighted by Crippen LogP contribution is -1.98. The zero-order valence-electron chi connectivity index (χ0n) is 23.9. The molecule has 0 aromatic heterocycles. The van der Waals surface area contributed by atoms with Crippen molar-refractivity contribution in [3.63, 3.8) is 0 Å². The second-order valence-electron chi connectivity index (χ2n) is 9.99. The smallest absolute Gasteiger partial charge is 0.302 e. The third kappa shape index (κ3) is 8.40. The molecule has 0 saturated carbocycles. The Bertz CT molecular complexity index is 1820. The molecule has 6 aromatic rings. The van der Waals surface area contributed by atoms with Gasteiger partial charge in [-0.1, -0.05) is 152 Å². The van der Waals surface area contributed by atoms with Gasteiger partial charge in [-0.25, -0.2) is 9.13 Å². The summed E-state index contributed by atoms with van der Waals surface area (Å²) < 4.78 is 22.2. The highest BCUT2D eigenvalue weighted by Gasteiger charge is 2.28. The number of phosphoric acid groups is 2. The van der Waals surface area contributed by atoms with Gasteiger partial charge in [0, 0.05) is 0 Å². The lowest BCUT2D eigenvalue weighted by Gasteiger charge is -2.24. The van der Waals surface area contributed by atoms with Crippen LogP contribution in [0.15, 0.2) is 158 Å². The van der Waals surface area contributed by atoms with Gasteiger partial charge >= 0.3 is 15.6 Å². The molecule has 226 valence electrons. The van der Waals surface area contributed by atoms with Gasteiger partial charge in [-0.3, -0.25) is 0 Å². The third-order valence-electron chi connectivity index (χ3n) is 6.90. The molecule has 0 saturated heterocycles. The normalized spacial score (nSPS) is 11.4. The predicted octanol–water partition coefficient (Wildman–Crippen LogP) is 9.21. The van der Waals surface area contributed by atoms with Crippen LogP contribution in [0.25, 0.3) is 55.6 Å². The summed E-state index contributed by atoms with van der Waals surface area (Å²) in [6, 6.07) is 56.4. The molecule has 0 fully saturated rings. The maximum absolute atomic E-state index is 9.63. The lowest BCUT2D eigenvalue weighted by atomic mass is 9.79. The molecule has 0 atom stereocenters. The van der Waals surface area contributed by atoms with E-state index in [0.717, 1.165) is 0 Å². The molecular formula is C36H30O7P2.